The quantitative estimate of drug-likeness (QED) is 0.296. The van der Waals surface area contributed by atoms with Gasteiger partial charge in [0.15, 0.2) is 0 Å². The molecule has 0 amide bonds. The number of nitrogens with zero attached hydrogens (tertiary/aromatic N) is 1. The van der Waals surface area contributed by atoms with Crippen molar-refractivity contribution in [2.24, 2.45) is 0 Å². The topological polar surface area (TPSA) is 12.9 Å². The number of hydrogen-bond acceptors (Lipinski definition) is 1. The summed E-state index contributed by atoms with van der Waals surface area (Å²) in [6, 6.07) is 15.5. The van der Waals surface area contributed by atoms with Gasteiger partial charge in [-0.3, -0.25) is 4.98 Å². The summed E-state index contributed by atoms with van der Waals surface area (Å²) in [7, 11) is 0. The SMILES string of the molecule is Fc1ccc2c(ccc3cc(-c4cc(C(F)(F)F)ccn4)ccc32)c1. The van der Waals surface area contributed by atoms with Crippen LogP contribution in [-0.4, -0.2) is 4.98 Å². The molecule has 3 aromatic carbocycles. The third kappa shape index (κ3) is 2.82. The monoisotopic (exact) mass is 341 g/mol. The lowest BCUT2D eigenvalue weighted by atomic mass is 9.98. The first-order chi connectivity index (χ1) is 11.9. The van der Waals surface area contributed by atoms with E-state index in [1.807, 2.05) is 12.1 Å². The van der Waals surface area contributed by atoms with Crippen LogP contribution in [0.1, 0.15) is 5.56 Å². The Morgan fingerprint density at radius 2 is 1.40 bits per heavy atom. The molecule has 0 fully saturated rings. The largest absolute Gasteiger partial charge is 0.416 e. The number of halogens is 4. The summed E-state index contributed by atoms with van der Waals surface area (Å²) in [4.78, 5) is 4.05. The van der Waals surface area contributed by atoms with E-state index < -0.39 is 11.7 Å². The summed E-state index contributed by atoms with van der Waals surface area (Å²) in [5.74, 6) is -0.309. The van der Waals surface area contributed by atoms with E-state index >= 15 is 0 Å². The maximum atomic E-state index is 13.4. The van der Waals surface area contributed by atoms with Gasteiger partial charge in [0.2, 0.25) is 0 Å². The predicted molar refractivity (Wildman–Crippen MR) is 89.6 cm³/mol. The number of hydrogen-bond donors (Lipinski definition) is 0. The molecule has 1 aromatic heterocycles. The molecule has 5 heteroatoms. The van der Waals surface area contributed by atoms with Gasteiger partial charge in [-0.1, -0.05) is 30.3 Å². The van der Waals surface area contributed by atoms with Crippen molar-refractivity contribution in [3.8, 4) is 11.3 Å². The van der Waals surface area contributed by atoms with Crippen LogP contribution in [0.2, 0.25) is 0 Å². The summed E-state index contributed by atoms with van der Waals surface area (Å²) in [6.07, 6.45) is -3.25. The summed E-state index contributed by atoms with van der Waals surface area (Å²) in [5.41, 5.74) is 0.127. The molecule has 1 heterocycles. The second-order valence-corrected chi connectivity index (χ2v) is 5.79. The summed E-state index contributed by atoms with van der Waals surface area (Å²) in [6.45, 7) is 0. The molecule has 0 aliphatic heterocycles. The fraction of sp³-hybridized carbons (Fsp3) is 0.0500. The minimum absolute atomic E-state index is 0.260. The van der Waals surface area contributed by atoms with Crippen LogP contribution in [0.25, 0.3) is 32.8 Å². The average Bonchev–Trinajstić information content (AvgIpc) is 2.60. The van der Waals surface area contributed by atoms with E-state index in [0.29, 0.717) is 5.56 Å². The summed E-state index contributed by atoms with van der Waals surface area (Å²) >= 11 is 0. The predicted octanol–water partition coefficient (Wildman–Crippen LogP) is 6.21. The zero-order chi connectivity index (χ0) is 17.6. The van der Waals surface area contributed by atoms with Gasteiger partial charge < -0.3 is 0 Å². The van der Waals surface area contributed by atoms with Gasteiger partial charge in [0.1, 0.15) is 5.82 Å². The van der Waals surface area contributed by atoms with Gasteiger partial charge in [0.25, 0.3) is 0 Å². The molecule has 0 unspecified atom stereocenters. The number of pyridine rings is 1. The molecule has 0 atom stereocenters. The highest BCUT2D eigenvalue weighted by Crippen LogP contribution is 2.33. The van der Waals surface area contributed by atoms with Crippen molar-refractivity contribution in [1.82, 2.24) is 4.98 Å². The lowest BCUT2D eigenvalue weighted by molar-refractivity contribution is -0.137. The summed E-state index contributed by atoms with van der Waals surface area (Å²) < 4.78 is 52.0. The third-order valence-corrected chi connectivity index (χ3v) is 4.18. The van der Waals surface area contributed by atoms with E-state index in [0.717, 1.165) is 39.9 Å². The number of aromatic nitrogens is 1. The zero-order valence-electron chi connectivity index (χ0n) is 12.8. The second kappa shape index (κ2) is 5.55. The van der Waals surface area contributed by atoms with Crippen LogP contribution in [0, 0.1) is 5.82 Å². The Morgan fingerprint density at radius 1 is 0.720 bits per heavy atom. The molecule has 25 heavy (non-hydrogen) atoms. The Balaban J connectivity index is 1.87. The lowest BCUT2D eigenvalue weighted by Gasteiger charge is -2.10. The van der Waals surface area contributed by atoms with Crippen LogP contribution < -0.4 is 0 Å². The van der Waals surface area contributed by atoms with Crippen LogP contribution in [0.5, 0.6) is 0 Å². The van der Waals surface area contributed by atoms with Crippen molar-refractivity contribution < 1.29 is 17.6 Å². The molecular formula is C20H11F4N. The smallest absolute Gasteiger partial charge is 0.256 e. The third-order valence-electron chi connectivity index (χ3n) is 4.18. The van der Waals surface area contributed by atoms with E-state index in [2.05, 4.69) is 4.98 Å². The average molecular weight is 341 g/mol. The molecule has 0 radical (unpaired) electrons. The van der Waals surface area contributed by atoms with Crippen LogP contribution >= 0.6 is 0 Å². The number of alkyl halides is 3. The molecule has 0 N–H and O–H groups in total. The van der Waals surface area contributed by atoms with Crippen LogP contribution in [-0.2, 0) is 6.18 Å². The maximum absolute atomic E-state index is 13.4. The standard InChI is InChI=1S/C20H11F4N/c21-16-4-6-18-13(10-16)2-1-12-9-14(3-5-17(12)18)19-11-15(7-8-25-19)20(22,23)24/h1-11H. The van der Waals surface area contributed by atoms with E-state index in [1.165, 1.54) is 12.1 Å². The summed E-state index contributed by atoms with van der Waals surface area (Å²) in [5, 5.41) is 3.43. The van der Waals surface area contributed by atoms with Crippen molar-refractivity contribution in [2.45, 2.75) is 6.18 Å². The highest BCUT2D eigenvalue weighted by Gasteiger charge is 2.30. The molecule has 0 saturated carbocycles. The van der Waals surface area contributed by atoms with Crippen molar-refractivity contribution >= 4 is 21.5 Å². The van der Waals surface area contributed by atoms with E-state index in [-0.39, 0.29) is 11.5 Å². The molecule has 1 nitrogen and oxygen atoms in total. The minimum atomic E-state index is -4.41. The lowest BCUT2D eigenvalue weighted by Crippen LogP contribution is -2.05. The minimum Gasteiger partial charge on any atom is -0.256 e. The number of fused-ring (bicyclic) bond motifs is 3. The Kier molecular flexibility index (Phi) is 3.46. The molecule has 124 valence electrons. The molecule has 0 saturated heterocycles. The molecule has 0 aliphatic carbocycles. The van der Waals surface area contributed by atoms with Crippen molar-refractivity contribution in [3.63, 3.8) is 0 Å². The second-order valence-electron chi connectivity index (χ2n) is 5.79. The van der Waals surface area contributed by atoms with Crippen molar-refractivity contribution in [3.05, 3.63) is 78.2 Å². The van der Waals surface area contributed by atoms with Gasteiger partial charge in [0, 0.05) is 11.8 Å². The fourth-order valence-electron chi connectivity index (χ4n) is 2.97. The Bertz CT molecular complexity index is 1100. The van der Waals surface area contributed by atoms with Gasteiger partial charge in [-0.05, 0) is 51.9 Å². The fourth-order valence-corrected chi connectivity index (χ4v) is 2.97. The molecule has 4 rings (SSSR count). The molecule has 0 bridgehead atoms. The Labute approximate surface area is 140 Å². The Hall–Kier alpha value is -2.95. The van der Waals surface area contributed by atoms with Gasteiger partial charge in [-0.25, -0.2) is 4.39 Å². The molecule has 4 aromatic rings. The zero-order valence-corrected chi connectivity index (χ0v) is 12.8. The van der Waals surface area contributed by atoms with E-state index in [4.69, 9.17) is 0 Å². The first-order valence-electron chi connectivity index (χ1n) is 7.57. The van der Waals surface area contributed by atoms with Crippen LogP contribution in [0.4, 0.5) is 17.6 Å². The van der Waals surface area contributed by atoms with Crippen LogP contribution in [0.3, 0.4) is 0 Å². The number of benzene rings is 3. The van der Waals surface area contributed by atoms with Crippen LogP contribution in [0.15, 0.2) is 66.9 Å². The highest BCUT2D eigenvalue weighted by molar-refractivity contribution is 6.08. The van der Waals surface area contributed by atoms with Crippen molar-refractivity contribution in [1.29, 1.82) is 0 Å². The first kappa shape index (κ1) is 15.6. The van der Waals surface area contributed by atoms with Gasteiger partial charge in [-0.15, -0.1) is 0 Å². The normalized spacial score (nSPS) is 12.0. The van der Waals surface area contributed by atoms with E-state index in [9.17, 15) is 17.6 Å². The molecule has 0 spiro atoms. The Morgan fingerprint density at radius 3 is 2.12 bits per heavy atom. The molecule has 0 aliphatic rings. The van der Waals surface area contributed by atoms with Crippen molar-refractivity contribution in [2.75, 3.05) is 0 Å². The maximum Gasteiger partial charge on any atom is 0.416 e. The highest BCUT2D eigenvalue weighted by atomic mass is 19.4. The number of rotatable bonds is 1. The van der Waals surface area contributed by atoms with Gasteiger partial charge in [0.05, 0.1) is 11.3 Å². The van der Waals surface area contributed by atoms with Gasteiger partial charge in [-0.2, -0.15) is 13.2 Å². The van der Waals surface area contributed by atoms with E-state index in [1.54, 1.807) is 24.3 Å². The first-order valence-corrected chi connectivity index (χ1v) is 7.57. The van der Waals surface area contributed by atoms with Gasteiger partial charge >= 0.3 is 6.18 Å². The molecular weight excluding hydrogens is 330 g/mol.